The molecular weight excluding hydrogens is 356 g/mol. The van der Waals surface area contributed by atoms with Gasteiger partial charge < -0.3 is 5.32 Å². The average molecular weight is 372 g/mol. The van der Waals surface area contributed by atoms with Gasteiger partial charge in [0.2, 0.25) is 0 Å². The lowest BCUT2D eigenvalue weighted by Crippen LogP contribution is -2.35. The van der Waals surface area contributed by atoms with E-state index in [4.69, 9.17) is 0 Å². The minimum atomic E-state index is -3.05. The van der Waals surface area contributed by atoms with Gasteiger partial charge in [0, 0.05) is 15.8 Å². The van der Waals surface area contributed by atoms with Crippen LogP contribution >= 0.6 is 11.8 Å². The molecular formula is C18H16N2O3S2. The van der Waals surface area contributed by atoms with Crippen molar-refractivity contribution < 1.29 is 13.2 Å². The number of sulfone groups is 1. The van der Waals surface area contributed by atoms with Crippen LogP contribution in [0.15, 0.2) is 58.3 Å². The third-order valence-electron chi connectivity index (χ3n) is 3.93. The molecule has 0 spiro atoms. The Morgan fingerprint density at radius 1 is 1.12 bits per heavy atom. The maximum atomic E-state index is 12.6. The predicted octanol–water partition coefficient (Wildman–Crippen LogP) is 2.63. The van der Waals surface area contributed by atoms with Crippen LogP contribution in [0.25, 0.3) is 0 Å². The minimum Gasteiger partial charge on any atom is -0.348 e. The Kier molecular flexibility index (Phi) is 5.11. The summed E-state index contributed by atoms with van der Waals surface area (Å²) in [7, 11) is -3.05. The van der Waals surface area contributed by atoms with Crippen LogP contribution in [0.5, 0.6) is 0 Å². The van der Waals surface area contributed by atoms with E-state index in [0.717, 1.165) is 9.79 Å². The van der Waals surface area contributed by atoms with Gasteiger partial charge in [0.25, 0.3) is 5.91 Å². The summed E-state index contributed by atoms with van der Waals surface area (Å²) in [5, 5.41) is 12.0. The third-order valence-corrected chi connectivity index (χ3v) is 6.85. The number of nitriles is 1. The highest BCUT2D eigenvalue weighted by molar-refractivity contribution is 7.99. The van der Waals surface area contributed by atoms with Crippen LogP contribution in [-0.4, -0.2) is 31.9 Å². The summed E-state index contributed by atoms with van der Waals surface area (Å²) in [6.07, 6.45) is 0.445. The monoisotopic (exact) mass is 372 g/mol. The summed E-state index contributed by atoms with van der Waals surface area (Å²) in [6, 6.07) is 16.1. The van der Waals surface area contributed by atoms with Crippen LogP contribution < -0.4 is 5.32 Å². The molecule has 0 radical (unpaired) electrons. The molecule has 2 aromatic rings. The minimum absolute atomic E-state index is 0.00862. The molecule has 0 bridgehead atoms. The van der Waals surface area contributed by atoms with Gasteiger partial charge >= 0.3 is 0 Å². The molecule has 1 amide bonds. The number of carbonyl (C=O) groups is 1. The Hall–Kier alpha value is -2.30. The maximum Gasteiger partial charge on any atom is 0.252 e. The number of rotatable bonds is 4. The van der Waals surface area contributed by atoms with Crippen molar-refractivity contribution in [1.82, 2.24) is 5.32 Å². The molecule has 1 unspecified atom stereocenters. The highest BCUT2D eigenvalue weighted by atomic mass is 32.2. The van der Waals surface area contributed by atoms with Crippen molar-refractivity contribution in [3.8, 4) is 6.07 Å². The van der Waals surface area contributed by atoms with E-state index in [9.17, 15) is 18.5 Å². The quantitative estimate of drug-likeness (QED) is 0.891. The molecule has 1 aliphatic rings. The van der Waals surface area contributed by atoms with Crippen molar-refractivity contribution in [1.29, 1.82) is 5.26 Å². The van der Waals surface area contributed by atoms with Crippen LogP contribution in [0.3, 0.4) is 0 Å². The molecule has 3 rings (SSSR count). The fourth-order valence-corrected chi connectivity index (χ4v) is 5.38. The lowest BCUT2D eigenvalue weighted by molar-refractivity contribution is 0.0938. The average Bonchev–Trinajstić information content (AvgIpc) is 2.94. The second kappa shape index (κ2) is 7.30. The first-order chi connectivity index (χ1) is 12.0. The fraction of sp³-hybridized carbons (Fsp3) is 0.222. The van der Waals surface area contributed by atoms with Crippen LogP contribution in [0.1, 0.15) is 22.3 Å². The Morgan fingerprint density at radius 3 is 2.48 bits per heavy atom. The van der Waals surface area contributed by atoms with Gasteiger partial charge in [0.15, 0.2) is 9.84 Å². The number of hydrogen-bond donors (Lipinski definition) is 1. The summed E-state index contributed by atoms with van der Waals surface area (Å²) >= 11 is 1.35. The molecule has 1 N–H and O–H groups in total. The van der Waals surface area contributed by atoms with Gasteiger partial charge in [0.1, 0.15) is 6.07 Å². The number of carbonyl (C=O) groups excluding carboxylic acids is 1. The number of hydrogen-bond acceptors (Lipinski definition) is 5. The van der Waals surface area contributed by atoms with Crippen molar-refractivity contribution in [2.75, 3.05) is 11.5 Å². The van der Waals surface area contributed by atoms with Crippen LogP contribution in [0, 0.1) is 11.3 Å². The topological polar surface area (TPSA) is 87.0 Å². The van der Waals surface area contributed by atoms with E-state index < -0.39 is 9.84 Å². The summed E-state index contributed by atoms with van der Waals surface area (Å²) < 4.78 is 23.1. The zero-order valence-corrected chi connectivity index (χ0v) is 14.9. The van der Waals surface area contributed by atoms with Gasteiger partial charge in [-0.15, -0.1) is 0 Å². The largest absolute Gasteiger partial charge is 0.348 e. The molecule has 128 valence electrons. The second-order valence-electron chi connectivity index (χ2n) is 5.78. The zero-order chi connectivity index (χ0) is 17.9. The summed E-state index contributed by atoms with van der Waals surface area (Å²) in [6.45, 7) is 0. The van der Waals surface area contributed by atoms with Gasteiger partial charge in [-0.3, -0.25) is 4.79 Å². The van der Waals surface area contributed by atoms with Gasteiger partial charge in [0.05, 0.1) is 22.6 Å². The standard InChI is InChI=1S/C18H16N2O3S2/c19-11-13-5-1-3-7-16(13)24-17-8-4-2-6-15(17)18(21)20-14-9-10-25(22,23)12-14/h1-8,14H,9-10,12H2,(H,20,21). The Balaban J connectivity index is 1.81. The van der Waals surface area contributed by atoms with Gasteiger partial charge in [-0.05, 0) is 30.7 Å². The van der Waals surface area contributed by atoms with Gasteiger partial charge in [-0.25, -0.2) is 8.42 Å². The molecule has 1 aliphatic heterocycles. The molecule has 7 heteroatoms. The number of benzene rings is 2. The van der Waals surface area contributed by atoms with Crippen LogP contribution in [0.4, 0.5) is 0 Å². The van der Waals surface area contributed by atoms with Crippen LogP contribution in [-0.2, 0) is 9.84 Å². The van der Waals surface area contributed by atoms with Crippen molar-refractivity contribution in [2.45, 2.75) is 22.3 Å². The maximum absolute atomic E-state index is 12.6. The fourth-order valence-electron chi connectivity index (χ4n) is 2.68. The van der Waals surface area contributed by atoms with E-state index in [1.807, 2.05) is 24.3 Å². The van der Waals surface area contributed by atoms with E-state index in [1.165, 1.54) is 11.8 Å². The van der Waals surface area contributed by atoms with Crippen molar-refractivity contribution in [3.63, 3.8) is 0 Å². The first kappa shape index (κ1) is 17.5. The lowest BCUT2D eigenvalue weighted by Gasteiger charge is -2.13. The highest BCUT2D eigenvalue weighted by Crippen LogP contribution is 2.32. The van der Waals surface area contributed by atoms with E-state index in [-0.39, 0.29) is 23.5 Å². The number of nitrogens with one attached hydrogen (secondary N) is 1. The molecule has 1 saturated heterocycles. The van der Waals surface area contributed by atoms with Crippen molar-refractivity contribution in [2.24, 2.45) is 0 Å². The normalized spacial score (nSPS) is 18.4. The molecule has 1 fully saturated rings. The molecule has 0 aliphatic carbocycles. The SMILES string of the molecule is N#Cc1ccccc1Sc1ccccc1C(=O)NC1CCS(=O)(=O)C1. The van der Waals surface area contributed by atoms with E-state index in [1.54, 1.807) is 24.3 Å². The lowest BCUT2D eigenvalue weighted by atomic mass is 10.2. The van der Waals surface area contributed by atoms with Crippen molar-refractivity contribution in [3.05, 3.63) is 59.7 Å². The summed E-state index contributed by atoms with van der Waals surface area (Å²) in [4.78, 5) is 14.1. The summed E-state index contributed by atoms with van der Waals surface area (Å²) in [5.41, 5.74) is 1.02. The third kappa shape index (κ3) is 4.21. The number of nitrogens with zero attached hydrogens (tertiary/aromatic N) is 1. The van der Waals surface area contributed by atoms with Gasteiger partial charge in [-0.2, -0.15) is 5.26 Å². The van der Waals surface area contributed by atoms with E-state index in [0.29, 0.717) is 17.5 Å². The first-order valence-corrected chi connectivity index (χ1v) is 10.4. The Morgan fingerprint density at radius 2 is 1.80 bits per heavy atom. The highest BCUT2D eigenvalue weighted by Gasteiger charge is 2.29. The van der Waals surface area contributed by atoms with Crippen molar-refractivity contribution >= 4 is 27.5 Å². The predicted molar refractivity (Wildman–Crippen MR) is 96.2 cm³/mol. The smallest absolute Gasteiger partial charge is 0.252 e. The molecule has 5 nitrogen and oxygen atoms in total. The molecule has 2 aromatic carbocycles. The molecule has 0 aromatic heterocycles. The zero-order valence-electron chi connectivity index (χ0n) is 13.3. The summed E-state index contributed by atoms with van der Waals surface area (Å²) in [5.74, 6) is -0.186. The molecule has 1 heterocycles. The Labute approximate surface area is 151 Å². The Bertz CT molecular complexity index is 949. The molecule has 0 saturated carbocycles. The van der Waals surface area contributed by atoms with Crippen LogP contribution in [0.2, 0.25) is 0 Å². The van der Waals surface area contributed by atoms with Gasteiger partial charge in [-0.1, -0.05) is 36.0 Å². The number of amides is 1. The molecule has 25 heavy (non-hydrogen) atoms. The molecule has 1 atom stereocenters. The first-order valence-electron chi connectivity index (χ1n) is 7.76. The van der Waals surface area contributed by atoms with E-state index >= 15 is 0 Å². The van der Waals surface area contributed by atoms with E-state index in [2.05, 4.69) is 11.4 Å². The second-order valence-corrected chi connectivity index (χ2v) is 9.09.